The Bertz CT molecular complexity index is 694. The Morgan fingerprint density at radius 2 is 1.12 bits per heavy atom. The standard InChI is InChI=1S/C25H36.ClH/c1-16(2)22-15-21(14-20-12-10-9-11-13-20)23(17(3)4)25(19(7)8)24(22)18(5)6;/h9-13,15-19H,14H2,1-8H3;1H. The Morgan fingerprint density at radius 3 is 1.54 bits per heavy atom. The maximum absolute atomic E-state index is 2.52. The summed E-state index contributed by atoms with van der Waals surface area (Å²) < 4.78 is 0. The third-order valence-electron chi connectivity index (χ3n) is 5.16. The summed E-state index contributed by atoms with van der Waals surface area (Å²) in [7, 11) is 0. The monoisotopic (exact) mass is 372 g/mol. The second-order valence-electron chi connectivity index (χ2n) is 8.65. The number of halogens is 1. The summed E-state index contributed by atoms with van der Waals surface area (Å²) in [6.45, 7) is 18.8. The smallest absolute Gasteiger partial charge is 0.00227 e. The molecule has 0 aliphatic carbocycles. The molecule has 0 fully saturated rings. The van der Waals surface area contributed by atoms with Gasteiger partial charge in [0, 0.05) is 0 Å². The van der Waals surface area contributed by atoms with E-state index in [4.69, 9.17) is 0 Å². The van der Waals surface area contributed by atoms with Crippen LogP contribution in [0.3, 0.4) is 0 Å². The minimum Gasteiger partial charge on any atom is -0.147 e. The zero-order chi connectivity index (χ0) is 18.7. The molecular weight excluding hydrogens is 336 g/mol. The lowest BCUT2D eigenvalue weighted by atomic mass is 9.75. The summed E-state index contributed by atoms with van der Waals surface area (Å²) in [4.78, 5) is 0. The van der Waals surface area contributed by atoms with Crippen LogP contribution in [0.15, 0.2) is 36.4 Å². The molecule has 0 amide bonds. The Labute approximate surface area is 167 Å². The zero-order valence-corrected chi connectivity index (χ0v) is 18.7. The molecule has 2 aromatic rings. The Balaban J connectivity index is 0.00000338. The zero-order valence-electron chi connectivity index (χ0n) is 17.9. The van der Waals surface area contributed by atoms with Crippen LogP contribution in [0.2, 0.25) is 0 Å². The Kier molecular flexibility index (Phi) is 8.41. The van der Waals surface area contributed by atoms with Crippen molar-refractivity contribution < 1.29 is 0 Å². The van der Waals surface area contributed by atoms with E-state index in [0.29, 0.717) is 23.7 Å². The highest BCUT2D eigenvalue weighted by Gasteiger charge is 2.24. The van der Waals surface area contributed by atoms with Gasteiger partial charge in [0.25, 0.3) is 0 Å². The van der Waals surface area contributed by atoms with Gasteiger partial charge in [0.15, 0.2) is 0 Å². The molecule has 144 valence electrons. The third kappa shape index (κ3) is 4.92. The van der Waals surface area contributed by atoms with Crippen LogP contribution in [0.25, 0.3) is 0 Å². The van der Waals surface area contributed by atoms with E-state index in [1.54, 1.807) is 22.3 Å². The summed E-state index contributed by atoms with van der Waals surface area (Å²) in [5.74, 6) is 2.24. The highest BCUT2D eigenvalue weighted by atomic mass is 35.5. The summed E-state index contributed by atoms with van der Waals surface area (Å²) in [5, 5.41) is 0. The van der Waals surface area contributed by atoms with Gasteiger partial charge in [-0.1, -0.05) is 91.8 Å². The largest absolute Gasteiger partial charge is 0.147 e. The molecule has 0 atom stereocenters. The van der Waals surface area contributed by atoms with Gasteiger partial charge in [-0.15, -0.1) is 12.4 Å². The maximum atomic E-state index is 2.52. The molecule has 0 radical (unpaired) electrons. The summed E-state index contributed by atoms with van der Waals surface area (Å²) >= 11 is 0. The molecule has 0 saturated carbocycles. The van der Waals surface area contributed by atoms with Crippen molar-refractivity contribution in [1.82, 2.24) is 0 Å². The van der Waals surface area contributed by atoms with Crippen molar-refractivity contribution >= 4 is 12.4 Å². The lowest BCUT2D eigenvalue weighted by Crippen LogP contribution is -2.13. The van der Waals surface area contributed by atoms with E-state index in [-0.39, 0.29) is 12.4 Å². The second kappa shape index (κ2) is 9.60. The van der Waals surface area contributed by atoms with E-state index in [1.807, 2.05) is 0 Å². The quantitative estimate of drug-likeness (QED) is 0.479. The van der Waals surface area contributed by atoms with Gasteiger partial charge in [-0.05, 0) is 63.5 Å². The van der Waals surface area contributed by atoms with Crippen molar-refractivity contribution in [2.45, 2.75) is 85.5 Å². The molecule has 0 nitrogen and oxygen atoms in total. The van der Waals surface area contributed by atoms with Crippen LogP contribution in [-0.2, 0) is 6.42 Å². The van der Waals surface area contributed by atoms with Crippen molar-refractivity contribution in [2.75, 3.05) is 0 Å². The molecule has 0 unspecified atom stereocenters. The van der Waals surface area contributed by atoms with Gasteiger partial charge in [-0.2, -0.15) is 0 Å². The van der Waals surface area contributed by atoms with Gasteiger partial charge in [0.1, 0.15) is 0 Å². The van der Waals surface area contributed by atoms with Gasteiger partial charge >= 0.3 is 0 Å². The van der Waals surface area contributed by atoms with E-state index in [1.165, 1.54) is 11.1 Å². The molecule has 0 saturated heterocycles. The first kappa shape index (κ1) is 22.8. The van der Waals surface area contributed by atoms with Crippen molar-refractivity contribution in [1.29, 1.82) is 0 Å². The average molecular weight is 373 g/mol. The highest BCUT2D eigenvalue weighted by molar-refractivity contribution is 5.85. The molecule has 0 aliphatic heterocycles. The molecule has 0 aliphatic rings. The molecule has 0 heterocycles. The SMILES string of the molecule is CC(C)c1cc(Cc2ccccc2)c(C(C)C)c(C(C)C)c1C(C)C.Cl. The topological polar surface area (TPSA) is 0 Å². The Hall–Kier alpha value is -1.27. The van der Waals surface area contributed by atoms with Crippen LogP contribution >= 0.6 is 12.4 Å². The van der Waals surface area contributed by atoms with Gasteiger partial charge in [-0.25, -0.2) is 0 Å². The molecule has 2 rings (SSSR count). The van der Waals surface area contributed by atoms with Crippen LogP contribution in [0.5, 0.6) is 0 Å². The van der Waals surface area contributed by atoms with Gasteiger partial charge in [0.05, 0.1) is 0 Å². The number of hydrogen-bond donors (Lipinski definition) is 0. The van der Waals surface area contributed by atoms with E-state index >= 15 is 0 Å². The van der Waals surface area contributed by atoms with Crippen molar-refractivity contribution in [2.24, 2.45) is 0 Å². The van der Waals surface area contributed by atoms with Gasteiger partial charge in [-0.3, -0.25) is 0 Å². The van der Waals surface area contributed by atoms with Crippen LogP contribution < -0.4 is 0 Å². The van der Waals surface area contributed by atoms with E-state index in [2.05, 4.69) is 91.8 Å². The highest BCUT2D eigenvalue weighted by Crippen LogP contribution is 2.40. The van der Waals surface area contributed by atoms with Crippen LogP contribution in [0.1, 0.15) is 112 Å². The fraction of sp³-hybridized carbons (Fsp3) is 0.520. The molecule has 26 heavy (non-hydrogen) atoms. The van der Waals surface area contributed by atoms with E-state index in [9.17, 15) is 0 Å². The first-order valence-corrected chi connectivity index (χ1v) is 9.97. The summed E-state index contributed by atoms with van der Waals surface area (Å²) in [6.07, 6.45) is 1.03. The molecule has 1 heteroatoms. The maximum Gasteiger partial charge on any atom is -0.00227 e. The predicted octanol–water partition coefficient (Wildman–Crippen LogP) is 8.19. The third-order valence-corrected chi connectivity index (χ3v) is 5.16. The van der Waals surface area contributed by atoms with Crippen molar-refractivity contribution in [3.63, 3.8) is 0 Å². The van der Waals surface area contributed by atoms with Crippen LogP contribution in [0.4, 0.5) is 0 Å². The number of hydrogen-bond acceptors (Lipinski definition) is 0. The van der Waals surface area contributed by atoms with Crippen LogP contribution in [0, 0.1) is 0 Å². The minimum atomic E-state index is 0. The van der Waals surface area contributed by atoms with E-state index in [0.717, 1.165) is 6.42 Å². The lowest BCUT2D eigenvalue weighted by molar-refractivity contribution is 0.713. The molecule has 0 N–H and O–H groups in total. The lowest BCUT2D eigenvalue weighted by Gasteiger charge is -2.30. The normalized spacial score (nSPS) is 11.5. The van der Waals surface area contributed by atoms with Gasteiger partial charge in [0.2, 0.25) is 0 Å². The average Bonchev–Trinajstić information content (AvgIpc) is 2.53. The summed E-state index contributed by atoms with van der Waals surface area (Å²) in [6, 6.07) is 13.4. The minimum absolute atomic E-state index is 0. The van der Waals surface area contributed by atoms with Crippen LogP contribution in [-0.4, -0.2) is 0 Å². The summed E-state index contributed by atoms with van der Waals surface area (Å²) in [5.41, 5.74) is 9.29. The number of benzene rings is 2. The first-order chi connectivity index (χ1) is 11.7. The Morgan fingerprint density at radius 1 is 0.615 bits per heavy atom. The van der Waals surface area contributed by atoms with Crippen molar-refractivity contribution in [3.05, 3.63) is 69.8 Å². The molecule has 0 spiro atoms. The fourth-order valence-corrected chi connectivity index (χ4v) is 4.20. The molecule has 2 aromatic carbocycles. The molecule has 0 bridgehead atoms. The van der Waals surface area contributed by atoms with E-state index < -0.39 is 0 Å². The second-order valence-corrected chi connectivity index (χ2v) is 8.65. The fourth-order valence-electron chi connectivity index (χ4n) is 4.20. The number of rotatable bonds is 6. The molecule has 0 aromatic heterocycles. The first-order valence-electron chi connectivity index (χ1n) is 9.97. The van der Waals surface area contributed by atoms with Crippen molar-refractivity contribution in [3.8, 4) is 0 Å². The predicted molar refractivity (Wildman–Crippen MR) is 119 cm³/mol. The van der Waals surface area contributed by atoms with Gasteiger partial charge < -0.3 is 0 Å². The molecular formula is C25H37Cl.